The van der Waals surface area contributed by atoms with E-state index in [1.807, 2.05) is 18.2 Å². The fourth-order valence-electron chi connectivity index (χ4n) is 2.83. The van der Waals surface area contributed by atoms with Gasteiger partial charge in [-0.3, -0.25) is 9.69 Å². The SMILES string of the molecule is CC1(C)CCCN(CC(=O)Nc2cccc(C(N)=S)c2)C1. The van der Waals surface area contributed by atoms with Gasteiger partial charge in [-0.25, -0.2) is 0 Å². The summed E-state index contributed by atoms with van der Waals surface area (Å²) in [6, 6.07) is 7.33. The summed E-state index contributed by atoms with van der Waals surface area (Å²) in [4.78, 5) is 14.7. The van der Waals surface area contributed by atoms with Crippen molar-refractivity contribution in [2.75, 3.05) is 25.0 Å². The van der Waals surface area contributed by atoms with Crippen LogP contribution in [0.5, 0.6) is 0 Å². The van der Waals surface area contributed by atoms with Crippen LogP contribution in [-0.4, -0.2) is 35.4 Å². The van der Waals surface area contributed by atoms with Crippen molar-refractivity contribution in [3.8, 4) is 0 Å². The van der Waals surface area contributed by atoms with Gasteiger partial charge in [0.2, 0.25) is 5.91 Å². The Morgan fingerprint density at radius 1 is 1.48 bits per heavy atom. The third-order valence-electron chi connectivity index (χ3n) is 3.78. The fraction of sp³-hybridized carbons (Fsp3) is 0.500. The number of piperidine rings is 1. The number of nitrogens with one attached hydrogen (secondary N) is 1. The van der Waals surface area contributed by atoms with Crippen molar-refractivity contribution in [3.63, 3.8) is 0 Å². The minimum atomic E-state index is 0.00721. The van der Waals surface area contributed by atoms with Gasteiger partial charge in [0.1, 0.15) is 4.99 Å². The van der Waals surface area contributed by atoms with Crippen molar-refractivity contribution < 1.29 is 4.79 Å². The average molecular weight is 305 g/mol. The zero-order valence-corrected chi connectivity index (χ0v) is 13.5. The van der Waals surface area contributed by atoms with Crippen LogP contribution in [0, 0.1) is 5.41 Å². The monoisotopic (exact) mass is 305 g/mol. The summed E-state index contributed by atoms with van der Waals surface area (Å²) >= 11 is 4.95. The van der Waals surface area contributed by atoms with E-state index in [2.05, 4.69) is 24.1 Å². The summed E-state index contributed by atoms with van der Waals surface area (Å²) in [7, 11) is 0. The molecule has 3 N–H and O–H groups in total. The molecule has 114 valence electrons. The van der Waals surface area contributed by atoms with Crippen LogP contribution in [0.2, 0.25) is 0 Å². The lowest BCUT2D eigenvalue weighted by atomic mass is 9.84. The van der Waals surface area contributed by atoms with E-state index in [0.29, 0.717) is 16.9 Å². The Bertz CT molecular complexity index is 542. The fourth-order valence-corrected chi connectivity index (χ4v) is 2.96. The first-order valence-electron chi connectivity index (χ1n) is 7.28. The van der Waals surface area contributed by atoms with Gasteiger partial charge in [-0.05, 0) is 36.9 Å². The molecule has 1 aromatic carbocycles. The number of anilines is 1. The van der Waals surface area contributed by atoms with Crippen LogP contribution >= 0.6 is 12.2 Å². The van der Waals surface area contributed by atoms with Gasteiger partial charge < -0.3 is 11.1 Å². The zero-order valence-electron chi connectivity index (χ0n) is 12.7. The predicted octanol–water partition coefficient (Wildman–Crippen LogP) is 2.38. The molecule has 5 heteroatoms. The second kappa shape index (κ2) is 6.54. The number of hydrogen-bond acceptors (Lipinski definition) is 3. The minimum absolute atomic E-state index is 0.00721. The van der Waals surface area contributed by atoms with E-state index >= 15 is 0 Å². The molecule has 1 fully saturated rings. The van der Waals surface area contributed by atoms with Crippen LogP contribution in [0.15, 0.2) is 24.3 Å². The predicted molar refractivity (Wildman–Crippen MR) is 90.4 cm³/mol. The summed E-state index contributed by atoms with van der Waals surface area (Å²) in [5, 5.41) is 2.92. The number of rotatable bonds is 4. The van der Waals surface area contributed by atoms with Crippen molar-refractivity contribution in [2.45, 2.75) is 26.7 Å². The lowest BCUT2D eigenvalue weighted by molar-refractivity contribution is -0.118. The maximum Gasteiger partial charge on any atom is 0.238 e. The maximum atomic E-state index is 12.2. The number of hydrogen-bond donors (Lipinski definition) is 2. The highest BCUT2D eigenvalue weighted by Crippen LogP contribution is 2.28. The molecule has 0 aliphatic carbocycles. The van der Waals surface area contributed by atoms with Crippen molar-refractivity contribution in [1.29, 1.82) is 0 Å². The van der Waals surface area contributed by atoms with E-state index in [1.54, 1.807) is 6.07 Å². The zero-order chi connectivity index (χ0) is 15.5. The second-order valence-electron chi connectivity index (χ2n) is 6.47. The molecule has 0 bridgehead atoms. The number of benzene rings is 1. The lowest BCUT2D eigenvalue weighted by Crippen LogP contribution is -2.43. The van der Waals surface area contributed by atoms with E-state index in [9.17, 15) is 4.79 Å². The largest absolute Gasteiger partial charge is 0.389 e. The summed E-state index contributed by atoms with van der Waals surface area (Å²) in [6.45, 7) is 6.89. The van der Waals surface area contributed by atoms with Gasteiger partial charge in [-0.2, -0.15) is 0 Å². The van der Waals surface area contributed by atoms with Gasteiger partial charge in [0, 0.05) is 17.8 Å². The molecule has 1 amide bonds. The summed E-state index contributed by atoms with van der Waals surface area (Å²) in [5.74, 6) is 0.00721. The Kier molecular flexibility index (Phi) is 4.96. The van der Waals surface area contributed by atoms with E-state index < -0.39 is 0 Å². The van der Waals surface area contributed by atoms with Crippen LogP contribution in [-0.2, 0) is 4.79 Å². The summed E-state index contributed by atoms with van der Waals surface area (Å²) in [5.41, 5.74) is 7.40. The van der Waals surface area contributed by atoms with Crippen molar-refractivity contribution >= 4 is 28.8 Å². The summed E-state index contributed by atoms with van der Waals surface area (Å²) < 4.78 is 0. The van der Waals surface area contributed by atoms with Crippen molar-refractivity contribution in [2.24, 2.45) is 11.1 Å². The standard InChI is InChI=1S/C16H23N3OS/c1-16(2)7-4-8-19(11-16)10-14(20)18-13-6-3-5-12(9-13)15(17)21/h3,5-6,9H,4,7-8,10-11H2,1-2H3,(H2,17,21)(H,18,20). The van der Waals surface area contributed by atoms with Crippen LogP contribution in [0.1, 0.15) is 32.3 Å². The highest BCUT2D eigenvalue weighted by molar-refractivity contribution is 7.80. The molecule has 1 heterocycles. The molecular weight excluding hydrogens is 282 g/mol. The topological polar surface area (TPSA) is 58.4 Å². The highest BCUT2D eigenvalue weighted by Gasteiger charge is 2.27. The number of carbonyl (C=O) groups excluding carboxylic acids is 1. The van der Waals surface area contributed by atoms with Gasteiger partial charge in [0.05, 0.1) is 6.54 Å². The molecule has 1 saturated heterocycles. The molecule has 1 aliphatic heterocycles. The quantitative estimate of drug-likeness (QED) is 0.839. The molecule has 0 saturated carbocycles. The molecule has 1 aliphatic rings. The normalized spacial score (nSPS) is 18.2. The molecule has 0 unspecified atom stereocenters. The van der Waals surface area contributed by atoms with Gasteiger partial charge in [0.25, 0.3) is 0 Å². The Morgan fingerprint density at radius 3 is 2.90 bits per heavy atom. The molecule has 0 atom stereocenters. The molecule has 2 rings (SSSR count). The molecule has 0 radical (unpaired) electrons. The molecule has 4 nitrogen and oxygen atoms in total. The average Bonchev–Trinajstić information content (AvgIpc) is 2.37. The Hall–Kier alpha value is -1.46. The third-order valence-corrected chi connectivity index (χ3v) is 4.01. The first-order chi connectivity index (χ1) is 9.85. The van der Waals surface area contributed by atoms with Gasteiger partial charge in [-0.15, -0.1) is 0 Å². The lowest BCUT2D eigenvalue weighted by Gasteiger charge is -2.37. The molecule has 0 spiro atoms. The number of thiocarbonyl (C=S) groups is 1. The van der Waals surface area contributed by atoms with Crippen LogP contribution in [0.25, 0.3) is 0 Å². The first-order valence-corrected chi connectivity index (χ1v) is 7.69. The second-order valence-corrected chi connectivity index (χ2v) is 6.91. The van der Waals surface area contributed by atoms with E-state index in [4.69, 9.17) is 18.0 Å². The Morgan fingerprint density at radius 2 is 2.24 bits per heavy atom. The van der Waals surface area contributed by atoms with E-state index in [1.165, 1.54) is 6.42 Å². The van der Waals surface area contributed by atoms with Crippen LogP contribution in [0.3, 0.4) is 0 Å². The Balaban J connectivity index is 1.92. The highest BCUT2D eigenvalue weighted by atomic mass is 32.1. The van der Waals surface area contributed by atoms with Crippen molar-refractivity contribution in [1.82, 2.24) is 4.90 Å². The molecule has 0 aromatic heterocycles. The third kappa shape index (κ3) is 4.79. The smallest absolute Gasteiger partial charge is 0.238 e. The number of nitrogens with zero attached hydrogens (tertiary/aromatic N) is 1. The van der Waals surface area contributed by atoms with E-state index in [0.717, 1.165) is 30.8 Å². The number of nitrogens with two attached hydrogens (primary N) is 1. The van der Waals surface area contributed by atoms with Gasteiger partial charge >= 0.3 is 0 Å². The number of amides is 1. The van der Waals surface area contributed by atoms with Gasteiger partial charge in [0.15, 0.2) is 0 Å². The van der Waals surface area contributed by atoms with E-state index in [-0.39, 0.29) is 5.91 Å². The van der Waals surface area contributed by atoms with Crippen LogP contribution < -0.4 is 11.1 Å². The summed E-state index contributed by atoms with van der Waals surface area (Å²) in [6.07, 6.45) is 2.37. The van der Waals surface area contributed by atoms with Crippen LogP contribution in [0.4, 0.5) is 5.69 Å². The van der Waals surface area contributed by atoms with Crippen molar-refractivity contribution in [3.05, 3.63) is 29.8 Å². The minimum Gasteiger partial charge on any atom is -0.389 e. The molecular formula is C16H23N3OS. The first kappa shape index (κ1) is 15.9. The Labute approximate surface area is 131 Å². The number of carbonyl (C=O) groups is 1. The molecule has 21 heavy (non-hydrogen) atoms. The maximum absolute atomic E-state index is 12.2. The molecule has 1 aromatic rings. The number of likely N-dealkylation sites (tertiary alicyclic amines) is 1. The van der Waals surface area contributed by atoms with Gasteiger partial charge in [-0.1, -0.05) is 38.2 Å².